The number of hydrogen-bond acceptors (Lipinski definition) is 8. The monoisotopic (exact) mass is 772 g/mol. The van der Waals surface area contributed by atoms with Crippen LogP contribution in [-0.2, 0) is 22.7 Å². The van der Waals surface area contributed by atoms with Crippen molar-refractivity contribution in [2.75, 3.05) is 53.0 Å². The molecule has 0 spiro atoms. The summed E-state index contributed by atoms with van der Waals surface area (Å²) in [7, 11) is 9.98. The van der Waals surface area contributed by atoms with E-state index in [1.807, 2.05) is 85.5 Å². The molecule has 12 heteroatoms. The van der Waals surface area contributed by atoms with Crippen LogP contribution in [0.4, 0.5) is 0 Å². The molecule has 0 fully saturated rings. The molecule has 0 aliphatic carbocycles. The van der Waals surface area contributed by atoms with Crippen LogP contribution in [-0.4, -0.2) is 64.8 Å². The number of pyridine rings is 2. The van der Waals surface area contributed by atoms with E-state index in [1.54, 1.807) is 50.0 Å². The lowest BCUT2D eigenvalue weighted by Gasteiger charge is -2.07. The Balaban J connectivity index is 0.988. The highest BCUT2D eigenvalue weighted by Gasteiger charge is 2.08. The fourth-order valence-corrected chi connectivity index (χ4v) is 7.16. The van der Waals surface area contributed by atoms with Crippen LogP contribution in [0.1, 0.15) is 47.9 Å². The maximum Gasteiger partial charge on any atom is 0.220 e. The topological polar surface area (TPSA) is 103 Å². The molecule has 4 aromatic rings. The largest absolute Gasteiger partial charge is 0.497 e. The van der Waals surface area contributed by atoms with Crippen molar-refractivity contribution in [3.8, 4) is 23.0 Å². The summed E-state index contributed by atoms with van der Waals surface area (Å²) < 4.78 is 25.6. The van der Waals surface area contributed by atoms with Gasteiger partial charge in [0.05, 0.1) is 28.4 Å². The zero-order valence-corrected chi connectivity index (χ0v) is 33.3. The van der Waals surface area contributed by atoms with E-state index in [2.05, 4.69) is 44.0 Å². The van der Waals surface area contributed by atoms with E-state index in [4.69, 9.17) is 18.9 Å². The van der Waals surface area contributed by atoms with Gasteiger partial charge in [0.1, 0.15) is 36.1 Å². The standard InChI is InChI=1S/C42H50N4O6S2/c1-49-37-15-13-35(39(31-37)51-3)11-9-33-17-25-45(26-18-33)23-5-7-41(47)43-21-29-53-54-30-22-44-42(48)8-6-24-46-27-19-34(20-28-46)10-12-36-14-16-38(50-2)32-40(36)52-4/h9-20,25-28,31-32H,5-8,21-24,29-30H2,1-4H3/p+2. The molecular formula is C42H52N4O6S2+2. The molecule has 286 valence electrons. The van der Waals surface area contributed by atoms with Gasteiger partial charge in [-0.1, -0.05) is 45.9 Å². The van der Waals surface area contributed by atoms with Crippen molar-refractivity contribution >= 4 is 57.7 Å². The molecule has 0 aliphatic heterocycles. The van der Waals surface area contributed by atoms with Gasteiger partial charge in [-0.3, -0.25) is 9.59 Å². The average molecular weight is 773 g/mol. The molecule has 2 heterocycles. The van der Waals surface area contributed by atoms with Crippen LogP contribution in [0.3, 0.4) is 0 Å². The van der Waals surface area contributed by atoms with E-state index in [9.17, 15) is 9.59 Å². The molecule has 54 heavy (non-hydrogen) atoms. The SMILES string of the molecule is COc1ccc(C=Cc2cc[n+](CCCC(=O)NCCSSCCNC(=O)CCC[n+]3ccc(C=Cc4ccc(OC)cc4OC)cc3)cc2)c(OC)c1. The first kappa shape index (κ1) is 41.8. The Morgan fingerprint density at radius 1 is 0.574 bits per heavy atom. The van der Waals surface area contributed by atoms with Crippen LogP contribution in [0.2, 0.25) is 0 Å². The van der Waals surface area contributed by atoms with Crippen LogP contribution in [0.5, 0.6) is 23.0 Å². The van der Waals surface area contributed by atoms with Gasteiger partial charge in [0.15, 0.2) is 24.8 Å². The number of nitrogens with one attached hydrogen (secondary N) is 2. The second-order valence-electron chi connectivity index (χ2n) is 12.2. The molecule has 4 rings (SSSR count). The Morgan fingerprint density at radius 3 is 1.35 bits per heavy atom. The minimum absolute atomic E-state index is 0.0678. The molecule has 10 nitrogen and oxygen atoms in total. The second kappa shape index (κ2) is 23.7. The molecular weight excluding hydrogens is 721 g/mol. The third-order valence-corrected chi connectivity index (χ3v) is 10.8. The number of carbonyl (C=O) groups is 2. The summed E-state index contributed by atoms with van der Waals surface area (Å²) in [6.45, 7) is 2.80. The normalized spacial score (nSPS) is 11.1. The number of ether oxygens (including phenoxy) is 4. The predicted octanol–water partition coefficient (Wildman–Crippen LogP) is 6.51. The van der Waals surface area contributed by atoms with Crippen LogP contribution in [0.25, 0.3) is 24.3 Å². The van der Waals surface area contributed by atoms with Crippen LogP contribution >= 0.6 is 21.6 Å². The highest BCUT2D eigenvalue weighted by atomic mass is 33.1. The molecule has 2 aromatic carbocycles. The van der Waals surface area contributed by atoms with E-state index < -0.39 is 0 Å². The Kier molecular flexibility index (Phi) is 18.3. The highest BCUT2D eigenvalue weighted by Crippen LogP contribution is 2.27. The number of rotatable bonds is 23. The number of hydrogen-bond donors (Lipinski definition) is 2. The number of carbonyl (C=O) groups excluding carboxylic acids is 2. The third-order valence-electron chi connectivity index (χ3n) is 8.36. The maximum atomic E-state index is 12.3. The van der Waals surface area contributed by atoms with Crippen molar-refractivity contribution < 1.29 is 37.7 Å². The Labute approximate surface area is 327 Å². The summed E-state index contributed by atoms with van der Waals surface area (Å²) in [5, 5.41) is 6.01. The van der Waals surface area contributed by atoms with Crippen LogP contribution in [0, 0.1) is 0 Å². The number of aryl methyl sites for hydroxylation is 2. The summed E-state index contributed by atoms with van der Waals surface area (Å²) in [6.07, 6.45) is 18.7. The first-order valence-corrected chi connectivity index (χ1v) is 20.5. The lowest BCUT2D eigenvalue weighted by molar-refractivity contribution is -0.697. The molecule has 0 atom stereocenters. The van der Waals surface area contributed by atoms with Crippen LogP contribution in [0.15, 0.2) is 85.5 Å². The van der Waals surface area contributed by atoms with Gasteiger partial charge in [-0.15, -0.1) is 0 Å². The fraction of sp³-hybridized carbons (Fsp3) is 0.333. The second-order valence-corrected chi connectivity index (χ2v) is 14.9. The smallest absolute Gasteiger partial charge is 0.220 e. The van der Waals surface area contributed by atoms with E-state index in [0.717, 1.165) is 82.7 Å². The van der Waals surface area contributed by atoms with E-state index in [0.29, 0.717) is 25.9 Å². The van der Waals surface area contributed by atoms with E-state index in [-0.39, 0.29) is 11.8 Å². The highest BCUT2D eigenvalue weighted by molar-refractivity contribution is 8.76. The third kappa shape index (κ3) is 14.8. The Bertz CT molecular complexity index is 1680. The van der Waals surface area contributed by atoms with Crippen molar-refractivity contribution in [3.63, 3.8) is 0 Å². The first-order chi connectivity index (χ1) is 26.4. The molecule has 0 saturated carbocycles. The fourth-order valence-electron chi connectivity index (χ4n) is 5.35. The van der Waals surface area contributed by atoms with Gasteiger partial charge in [0.25, 0.3) is 0 Å². The van der Waals surface area contributed by atoms with E-state index >= 15 is 0 Å². The van der Waals surface area contributed by atoms with E-state index in [1.165, 1.54) is 0 Å². The summed E-state index contributed by atoms with van der Waals surface area (Å²) in [5.74, 6) is 4.79. The average Bonchev–Trinajstić information content (AvgIpc) is 3.21. The molecule has 2 N–H and O–H groups in total. The minimum atomic E-state index is 0.0678. The van der Waals surface area contributed by atoms with Gasteiger partial charge in [0, 0.05) is 97.8 Å². The molecule has 2 amide bonds. The Morgan fingerprint density at radius 2 is 0.981 bits per heavy atom. The van der Waals surface area contributed by atoms with Crippen molar-refractivity contribution in [2.45, 2.75) is 38.8 Å². The van der Waals surface area contributed by atoms with Crippen molar-refractivity contribution in [3.05, 3.63) is 108 Å². The predicted molar refractivity (Wildman–Crippen MR) is 220 cm³/mol. The van der Waals surface area contributed by atoms with Gasteiger partial charge in [-0.05, 0) is 35.4 Å². The number of aromatic nitrogens is 2. The number of methoxy groups -OCH3 is 4. The summed E-state index contributed by atoms with van der Waals surface area (Å²) in [5.41, 5.74) is 4.10. The number of amides is 2. The molecule has 2 aromatic heterocycles. The van der Waals surface area contributed by atoms with Gasteiger partial charge >= 0.3 is 0 Å². The lowest BCUT2D eigenvalue weighted by atomic mass is 10.1. The number of nitrogens with zero attached hydrogens (tertiary/aromatic N) is 2. The Hall–Kier alpha value is -4.94. The minimum Gasteiger partial charge on any atom is -0.497 e. The number of benzene rings is 2. The van der Waals surface area contributed by atoms with Gasteiger partial charge < -0.3 is 29.6 Å². The molecule has 0 aliphatic rings. The molecule has 0 bridgehead atoms. The zero-order chi connectivity index (χ0) is 38.4. The van der Waals surface area contributed by atoms with Gasteiger partial charge in [-0.2, -0.15) is 0 Å². The zero-order valence-electron chi connectivity index (χ0n) is 31.6. The first-order valence-electron chi connectivity index (χ1n) is 18.0. The van der Waals surface area contributed by atoms with Crippen molar-refractivity contribution in [1.82, 2.24) is 10.6 Å². The quantitative estimate of drug-likeness (QED) is 0.0500. The lowest BCUT2D eigenvalue weighted by Crippen LogP contribution is -2.34. The van der Waals surface area contributed by atoms with Gasteiger partial charge in [-0.25, -0.2) is 9.13 Å². The summed E-state index contributed by atoms with van der Waals surface area (Å²) >= 11 is 0. The molecule has 0 saturated heterocycles. The van der Waals surface area contributed by atoms with Crippen molar-refractivity contribution in [2.24, 2.45) is 0 Å². The molecule has 0 radical (unpaired) electrons. The maximum absolute atomic E-state index is 12.3. The summed E-state index contributed by atoms with van der Waals surface area (Å²) in [6, 6.07) is 19.7. The van der Waals surface area contributed by atoms with Crippen LogP contribution < -0.4 is 38.7 Å². The van der Waals surface area contributed by atoms with Crippen molar-refractivity contribution in [1.29, 1.82) is 0 Å². The summed E-state index contributed by atoms with van der Waals surface area (Å²) in [4.78, 5) is 24.6. The van der Waals surface area contributed by atoms with Gasteiger partial charge in [0.2, 0.25) is 11.8 Å². The molecule has 0 unspecified atom stereocenters.